The largest absolute Gasteiger partial charge is 1.00 e. The van der Waals surface area contributed by atoms with Gasteiger partial charge in [0, 0.05) is 0 Å². The molecule has 0 aliphatic carbocycles. The summed E-state index contributed by atoms with van der Waals surface area (Å²) in [6, 6.07) is 0. The van der Waals surface area contributed by atoms with Gasteiger partial charge in [-0.15, -0.1) is 7.26 Å². The van der Waals surface area contributed by atoms with E-state index in [0.717, 1.165) is 0 Å². The zero-order valence-electron chi connectivity index (χ0n) is 9.57. The predicted molar refractivity (Wildman–Crippen MR) is 44.1 cm³/mol. The van der Waals surface area contributed by atoms with Gasteiger partial charge in [-0.25, -0.2) is 0 Å². The molecule has 2 unspecified atom stereocenters. The zero-order chi connectivity index (χ0) is 8.15. The average Bonchev–Trinajstić information content (AvgIpc) is 1.58. The van der Waals surface area contributed by atoms with Crippen molar-refractivity contribution in [3.63, 3.8) is 0 Å². The van der Waals surface area contributed by atoms with Crippen molar-refractivity contribution in [2.75, 3.05) is 0 Å². The Bertz CT molecular complexity index is 176. The van der Waals surface area contributed by atoms with E-state index in [0.29, 0.717) is 0 Å². The van der Waals surface area contributed by atoms with Gasteiger partial charge in [0.1, 0.15) is 0 Å². The molecule has 14 heavy (non-hydrogen) atoms. The van der Waals surface area contributed by atoms with Crippen molar-refractivity contribution in [1.29, 1.82) is 0 Å². The summed E-state index contributed by atoms with van der Waals surface area (Å²) in [6.45, 7) is 0. The van der Waals surface area contributed by atoms with Gasteiger partial charge in [-0.2, -0.15) is 12.6 Å². The van der Waals surface area contributed by atoms with Crippen molar-refractivity contribution < 1.29 is 91.0 Å². The molecule has 0 spiro atoms. The summed E-state index contributed by atoms with van der Waals surface area (Å²) in [5.74, 6) is 0. The minimum Gasteiger partial charge on any atom is -1.00 e. The molecule has 0 fully saturated rings. The van der Waals surface area contributed by atoms with Crippen LogP contribution in [0.3, 0.4) is 0 Å². The molecule has 14 heteroatoms. The van der Waals surface area contributed by atoms with Crippen molar-refractivity contribution in [2.24, 2.45) is 0 Å². The maximum atomic E-state index is 10.0. The summed E-state index contributed by atoms with van der Waals surface area (Å²) in [7, 11) is 0. The fraction of sp³-hybridized carbons (Fsp3) is 0. The van der Waals surface area contributed by atoms with E-state index in [1.807, 2.05) is 0 Å². The Kier molecular flexibility index (Phi) is 37.5. The molecule has 0 aromatic carbocycles. The van der Waals surface area contributed by atoms with Crippen LogP contribution in [0.15, 0.2) is 0 Å². The van der Waals surface area contributed by atoms with Crippen LogP contribution in [0.1, 0.15) is 2.85 Å². The average molecular weight is 292 g/mol. The summed E-state index contributed by atoms with van der Waals surface area (Å²) in [5.41, 5.74) is 0. The maximum absolute atomic E-state index is 10.0. The summed E-state index contributed by atoms with van der Waals surface area (Å²) >= 11 is -8.25. The number of hydrogen-bond donors (Lipinski definition) is 4. The van der Waals surface area contributed by atoms with Gasteiger partial charge in [0.15, 0.2) is 0 Å². The first kappa shape index (κ1) is 29.8. The second-order valence-corrected chi connectivity index (χ2v) is 3.14. The van der Waals surface area contributed by atoms with Gasteiger partial charge in [-0.05, 0) is 0 Å². The van der Waals surface area contributed by atoms with Gasteiger partial charge in [-0.3, -0.25) is 9.11 Å². The molecule has 0 aliphatic rings. The predicted octanol–water partition coefficient (Wildman–Crippen LogP) is -6.57. The first-order valence-electron chi connectivity index (χ1n) is 1.53. The van der Waals surface area contributed by atoms with Crippen molar-refractivity contribution in [3.05, 3.63) is 0 Å². The van der Waals surface area contributed by atoms with Crippen LogP contribution >= 0.6 is 0 Å². The van der Waals surface area contributed by atoms with Crippen LogP contribution in [0, 0.1) is 0 Å². The molecule has 0 rings (SSSR count). The van der Waals surface area contributed by atoms with Crippen molar-refractivity contribution in [3.8, 4) is 0 Å². The maximum Gasteiger partial charge on any atom is 1.00 e. The molecule has 0 heterocycles. The van der Waals surface area contributed by atoms with Crippen molar-refractivity contribution in [2.45, 2.75) is 0 Å². The SMILES string of the molecule is N.N.O=S(O)OS(=O)OS(=O)O.[H-].[H-].[Na+].[Na+]. The standard InChI is InChI=1S/2H3N.2Na.H2O7S3.2H/c;;;;1-8(2)6-10(5)7-9(3)4;;/h2*1H3;;;(H,1,2)(H,3,4);;/q;;2*+1;;2*-1. The Morgan fingerprint density at radius 2 is 1.07 bits per heavy atom. The quantitative estimate of drug-likeness (QED) is 0.289. The van der Waals surface area contributed by atoms with Crippen LogP contribution in [-0.2, 0) is 41.3 Å². The Hall–Kier alpha value is 2.21. The molecule has 0 radical (unpaired) electrons. The molecular weight excluding hydrogens is 282 g/mol. The zero-order valence-corrected chi connectivity index (χ0v) is 14.0. The van der Waals surface area contributed by atoms with Crippen LogP contribution in [0.25, 0.3) is 0 Å². The molecule has 0 bridgehead atoms. The van der Waals surface area contributed by atoms with Crippen LogP contribution in [0.5, 0.6) is 0 Å². The van der Waals surface area contributed by atoms with Gasteiger partial charge < -0.3 is 15.2 Å². The normalized spacial score (nSPS) is 14.1. The molecule has 0 saturated heterocycles. The van der Waals surface area contributed by atoms with E-state index >= 15 is 0 Å². The molecule has 8 N–H and O–H groups in total. The molecule has 9 nitrogen and oxygen atoms in total. The third-order valence-electron chi connectivity index (χ3n) is 0.228. The third-order valence-corrected chi connectivity index (χ3v) is 2.05. The number of hydrogen-bond acceptors (Lipinski definition) is 7. The molecule has 0 aromatic rings. The van der Waals surface area contributed by atoms with E-state index in [-0.39, 0.29) is 74.3 Å². The fourth-order valence-electron chi connectivity index (χ4n) is 0.106. The van der Waals surface area contributed by atoms with Crippen LogP contribution < -0.4 is 71.4 Å². The molecular formula is H10N2Na2O7S3. The van der Waals surface area contributed by atoms with Crippen molar-refractivity contribution in [1.82, 2.24) is 12.3 Å². The third kappa shape index (κ3) is 23.8. The summed E-state index contributed by atoms with van der Waals surface area (Å²) in [4.78, 5) is 0. The van der Waals surface area contributed by atoms with Gasteiger partial charge in [0.2, 0.25) is 0 Å². The topological polar surface area (TPSA) is 180 Å². The van der Waals surface area contributed by atoms with Crippen LogP contribution in [0.2, 0.25) is 0 Å². The summed E-state index contributed by atoms with van der Waals surface area (Å²) < 4.78 is 51.9. The minimum absolute atomic E-state index is 0. The first-order valence-corrected chi connectivity index (χ1v) is 4.60. The van der Waals surface area contributed by atoms with E-state index < -0.39 is 34.1 Å². The molecule has 0 saturated carbocycles. The molecule has 2 atom stereocenters. The van der Waals surface area contributed by atoms with E-state index in [4.69, 9.17) is 9.11 Å². The van der Waals surface area contributed by atoms with Crippen molar-refractivity contribution >= 4 is 34.1 Å². The smallest absolute Gasteiger partial charge is 1.00 e. The summed E-state index contributed by atoms with van der Waals surface area (Å²) in [6.07, 6.45) is 0. The second-order valence-electron chi connectivity index (χ2n) is 0.774. The second kappa shape index (κ2) is 17.6. The van der Waals surface area contributed by atoms with E-state index in [1.54, 1.807) is 0 Å². The fourth-order valence-corrected chi connectivity index (χ4v) is 1.16. The van der Waals surface area contributed by atoms with E-state index in [1.165, 1.54) is 0 Å². The van der Waals surface area contributed by atoms with Gasteiger partial charge in [-0.1, -0.05) is 0 Å². The first-order chi connectivity index (χ1) is 4.52. The molecule has 0 aliphatic heterocycles. The van der Waals surface area contributed by atoms with E-state index in [2.05, 4.69) is 7.26 Å². The Labute approximate surface area is 136 Å². The Balaban J connectivity index is -0.0000000270. The monoisotopic (exact) mass is 292 g/mol. The molecule has 0 amide bonds. The summed E-state index contributed by atoms with van der Waals surface area (Å²) in [5, 5.41) is 0. The minimum atomic E-state index is -2.78. The Morgan fingerprint density at radius 3 is 1.21 bits per heavy atom. The van der Waals surface area contributed by atoms with Gasteiger partial charge >= 0.3 is 93.2 Å². The molecule has 0 aromatic heterocycles. The van der Waals surface area contributed by atoms with Gasteiger partial charge in [0.25, 0.3) is 0 Å². The Morgan fingerprint density at radius 1 is 0.857 bits per heavy atom. The van der Waals surface area contributed by atoms with E-state index in [9.17, 15) is 12.6 Å². The number of rotatable bonds is 4. The van der Waals surface area contributed by atoms with Crippen LogP contribution in [0.4, 0.5) is 0 Å². The molecule has 82 valence electrons. The van der Waals surface area contributed by atoms with Crippen LogP contribution in [-0.4, -0.2) is 21.7 Å². The van der Waals surface area contributed by atoms with Gasteiger partial charge in [0.05, 0.1) is 0 Å².